The van der Waals surface area contributed by atoms with Crippen LogP contribution >= 0.6 is 0 Å². The topological polar surface area (TPSA) is 30.2 Å². The van der Waals surface area contributed by atoms with Crippen LogP contribution in [0.25, 0.3) is 17.4 Å². The summed E-state index contributed by atoms with van der Waals surface area (Å²) in [6.45, 7) is 4.13. The summed E-state index contributed by atoms with van der Waals surface area (Å²) in [7, 11) is 0. The van der Waals surface area contributed by atoms with Crippen molar-refractivity contribution in [1.82, 2.24) is 0 Å². The summed E-state index contributed by atoms with van der Waals surface area (Å²) in [6, 6.07) is 12.3. The summed E-state index contributed by atoms with van der Waals surface area (Å²) in [5.74, 6) is 2.80. The van der Waals surface area contributed by atoms with Gasteiger partial charge in [-0.25, -0.2) is 0 Å². The Labute approximate surface area is 170 Å². The Balaban J connectivity index is 1.52. The molecule has 2 aromatic rings. The number of furan rings is 1. The first-order chi connectivity index (χ1) is 13.7. The van der Waals surface area contributed by atoms with Gasteiger partial charge >= 0.3 is 0 Å². The minimum absolute atomic E-state index is 0.277. The highest BCUT2D eigenvalue weighted by molar-refractivity contribution is 5.99. The van der Waals surface area contributed by atoms with E-state index in [1.807, 2.05) is 18.2 Å². The summed E-state index contributed by atoms with van der Waals surface area (Å²) in [4.78, 5) is 12.6. The molecule has 0 N–H and O–H groups in total. The third-order valence-electron chi connectivity index (χ3n) is 6.01. The predicted octanol–water partition coefficient (Wildman–Crippen LogP) is 7.76. The fourth-order valence-corrected chi connectivity index (χ4v) is 4.21. The maximum absolute atomic E-state index is 12.6. The molecule has 0 bridgehead atoms. The van der Waals surface area contributed by atoms with Gasteiger partial charge in [0.15, 0.2) is 5.78 Å². The van der Waals surface area contributed by atoms with Crippen LogP contribution in [0.3, 0.4) is 0 Å². The van der Waals surface area contributed by atoms with Crippen LogP contribution < -0.4 is 0 Å². The van der Waals surface area contributed by atoms with E-state index in [0.717, 1.165) is 41.4 Å². The van der Waals surface area contributed by atoms with E-state index < -0.39 is 0 Å². The molecule has 0 atom stereocenters. The van der Waals surface area contributed by atoms with Gasteiger partial charge in [-0.15, -0.1) is 0 Å². The molecule has 0 amide bonds. The molecule has 2 nitrogen and oxygen atoms in total. The number of ketones is 1. The van der Waals surface area contributed by atoms with Crippen molar-refractivity contribution in [2.75, 3.05) is 0 Å². The molecule has 1 aliphatic rings. The average molecular weight is 379 g/mol. The minimum atomic E-state index is 0.277. The Hall–Kier alpha value is -2.09. The molecule has 1 aliphatic carbocycles. The SMILES string of the molecule is CCC(=Cc1ccc(-c2ccc(C)cc2)o1)C(=O)CCCCC1CCCCC1. The van der Waals surface area contributed by atoms with Crippen LogP contribution in [0.4, 0.5) is 0 Å². The Morgan fingerprint density at radius 2 is 1.79 bits per heavy atom. The molecule has 0 unspecified atom stereocenters. The molecule has 0 radical (unpaired) electrons. The van der Waals surface area contributed by atoms with E-state index in [4.69, 9.17) is 4.42 Å². The van der Waals surface area contributed by atoms with Crippen LogP contribution in [0.15, 0.2) is 46.4 Å². The van der Waals surface area contributed by atoms with Crippen molar-refractivity contribution in [3.63, 3.8) is 0 Å². The van der Waals surface area contributed by atoms with E-state index in [9.17, 15) is 4.79 Å². The minimum Gasteiger partial charge on any atom is -0.457 e. The lowest BCUT2D eigenvalue weighted by atomic mass is 9.85. The maximum Gasteiger partial charge on any atom is 0.158 e. The molecule has 150 valence electrons. The summed E-state index contributed by atoms with van der Waals surface area (Å²) in [6.07, 6.45) is 13.9. The lowest BCUT2D eigenvalue weighted by molar-refractivity contribution is -0.115. The fraction of sp³-hybridized carbons (Fsp3) is 0.500. The molecule has 1 saturated carbocycles. The number of rotatable bonds is 9. The Morgan fingerprint density at radius 3 is 2.50 bits per heavy atom. The molecular weight excluding hydrogens is 344 g/mol. The fourth-order valence-electron chi connectivity index (χ4n) is 4.21. The molecule has 1 heterocycles. The third kappa shape index (κ3) is 5.95. The van der Waals surface area contributed by atoms with E-state index in [2.05, 4.69) is 38.1 Å². The Bertz CT molecular complexity index is 773. The lowest BCUT2D eigenvalue weighted by Gasteiger charge is -2.21. The summed E-state index contributed by atoms with van der Waals surface area (Å²) >= 11 is 0. The second-order valence-corrected chi connectivity index (χ2v) is 8.26. The van der Waals surface area contributed by atoms with Crippen molar-refractivity contribution in [2.24, 2.45) is 5.92 Å². The van der Waals surface area contributed by atoms with Gasteiger partial charge in [0.05, 0.1) is 0 Å². The van der Waals surface area contributed by atoms with Crippen molar-refractivity contribution in [3.8, 4) is 11.3 Å². The average Bonchev–Trinajstić information content (AvgIpc) is 3.19. The zero-order valence-corrected chi connectivity index (χ0v) is 17.5. The number of carbonyl (C=O) groups excluding carboxylic acids is 1. The molecule has 3 rings (SSSR count). The smallest absolute Gasteiger partial charge is 0.158 e. The van der Waals surface area contributed by atoms with E-state index in [1.165, 1.54) is 50.5 Å². The van der Waals surface area contributed by atoms with Crippen LogP contribution in [0.1, 0.15) is 82.5 Å². The number of benzene rings is 1. The Kier molecular flexibility index (Phi) is 7.71. The number of aryl methyl sites for hydroxylation is 1. The Morgan fingerprint density at radius 1 is 1.04 bits per heavy atom. The van der Waals surface area contributed by atoms with Crippen LogP contribution in [-0.4, -0.2) is 5.78 Å². The number of unbranched alkanes of at least 4 members (excludes halogenated alkanes) is 1. The second-order valence-electron chi connectivity index (χ2n) is 8.26. The van der Waals surface area contributed by atoms with Gasteiger partial charge in [0.25, 0.3) is 0 Å². The summed E-state index contributed by atoms with van der Waals surface area (Å²) < 4.78 is 5.97. The highest BCUT2D eigenvalue weighted by Gasteiger charge is 2.14. The summed E-state index contributed by atoms with van der Waals surface area (Å²) in [5, 5.41) is 0. The van der Waals surface area contributed by atoms with Crippen LogP contribution in [0.2, 0.25) is 0 Å². The zero-order chi connectivity index (χ0) is 19.8. The third-order valence-corrected chi connectivity index (χ3v) is 6.01. The second kappa shape index (κ2) is 10.5. The van der Waals surface area contributed by atoms with E-state index >= 15 is 0 Å². The number of hydrogen-bond donors (Lipinski definition) is 0. The number of carbonyl (C=O) groups is 1. The molecule has 1 aromatic heterocycles. The molecule has 1 aromatic carbocycles. The van der Waals surface area contributed by atoms with Gasteiger partial charge < -0.3 is 4.42 Å². The highest BCUT2D eigenvalue weighted by Crippen LogP contribution is 2.28. The van der Waals surface area contributed by atoms with E-state index in [0.29, 0.717) is 6.42 Å². The number of Topliss-reactive ketones (excluding diaryl/α,β-unsaturated/α-hetero) is 1. The molecule has 0 saturated heterocycles. The van der Waals surface area contributed by atoms with Gasteiger partial charge in [-0.1, -0.05) is 81.7 Å². The first-order valence-electron chi connectivity index (χ1n) is 11.1. The number of hydrogen-bond acceptors (Lipinski definition) is 2. The van der Waals surface area contributed by atoms with Gasteiger partial charge in [-0.2, -0.15) is 0 Å². The van der Waals surface area contributed by atoms with Crippen molar-refractivity contribution in [1.29, 1.82) is 0 Å². The van der Waals surface area contributed by atoms with Crippen molar-refractivity contribution in [2.45, 2.75) is 78.1 Å². The maximum atomic E-state index is 12.6. The quantitative estimate of drug-likeness (QED) is 0.330. The molecule has 2 heteroatoms. The van der Waals surface area contributed by atoms with Gasteiger partial charge in [0.2, 0.25) is 0 Å². The van der Waals surface area contributed by atoms with Crippen LogP contribution in [0, 0.1) is 12.8 Å². The molecular formula is C26H34O2. The largest absolute Gasteiger partial charge is 0.457 e. The molecule has 0 aliphatic heterocycles. The standard InChI is InChI=1S/C26H34O2/c1-3-22(25(27)12-8-7-11-21-9-5-4-6-10-21)19-24-17-18-26(28-24)23-15-13-20(2)14-16-23/h13-19,21H,3-12H2,1-2H3. The number of allylic oxidation sites excluding steroid dienone is 1. The van der Waals surface area contributed by atoms with E-state index in [1.54, 1.807) is 0 Å². The van der Waals surface area contributed by atoms with Crippen LogP contribution in [0.5, 0.6) is 0 Å². The monoisotopic (exact) mass is 378 g/mol. The van der Waals surface area contributed by atoms with Crippen molar-refractivity contribution in [3.05, 3.63) is 53.3 Å². The highest BCUT2D eigenvalue weighted by atomic mass is 16.3. The molecule has 0 spiro atoms. The first-order valence-corrected chi connectivity index (χ1v) is 11.1. The van der Waals surface area contributed by atoms with Crippen molar-refractivity contribution < 1.29 is 9.21 Å². The van der Waals surface area contributed by atoms with Gasteiger partial charge in [-0.3, -0.25) is 4.79 Å². The molecule has 28 heavy (non-hydrogen) atoms. The molecule has 1 fully saturated rings. The predicted molar refractivity (Wildman–Crippen MR) is 117 cm³/mol. The van der Waals surface area contributed by atoms with E-state index in [-0.39, 0.29) is 5.78 Å². The van der Waals surface area contributed by atoms with Crippen molar-refractivity contribution >= 4 is 11.9 Å². The lowest BCUT2D eigenvalue weighted by Crippen LogP contribution is -2.07. The summed E-state index contributed by atoms with van der Waals surface area (Å²) in [5.41, 5.74) is 3.18. The van der Waals surface area contributed by atoms with Gasteiger partial charge in [0, 0.05) is 12.0 Å². The normalized spacial score (nSPS) is 15.7. The first kappa shape index (κ1) is 20.6. The van der Waals surface area contributed by atoms with Crippen LogP contribution in [-0.2, 0) is 4.79 Å². The zero-order valence-electron chi connectivity index (χ0n) is 17.5. The van der Waals surface area contributed by atoms with Gasteiger partial charge in [0.1, 0.15) is 11.5 Å². The van der Waals surface area contributed by atoms with Gasteiger partial charge in [-0.05, 0) is 49.5 Å².